The minimum atomic E-state index is -0.916. The van der Waals surface area contributed by atoms with Gasteiger partial charge in [-0.15, -0.1) is 0 Å². The highest BCUT2D eigenvalue weighted by Crippen LogP contribution is 2.26. The zero-order chi connectivity index (χ0) is 14.5. The molecule has 2 aromatic rings. The SMILES string of the molecule is CC(C)NCc1ccccc1Oc1ccc(F)c(F)c1. The number of nitrogens with one attached hydrogen (secondary N) is 1. The zero-order valence-corrected chi connectivity index (χ0v) is 11.5. The van der Waals surface area contributed by atoms with E-state index >= 15 is 0 Å². The molecule has 0 saturated carbocycles. The van der Waals surface area contributed by atoms with Crippen LogP contribution >= 0.6 is 0 Å². The average Bonchev–Trinajstić information content (AvgIpc) is 2.42. The molecule has 2 aromatic carbocycles. The fourth-order valence-corrected chi connectivity index (χ4v) is 1.73. The molecular formula is C16H17F2NO. The van der Waals surface area contributed by atoms with Crippen LogP contribution in [0, 0.1) is 11.6 Å². The first-order chi connectivity index (χ1) is 9.56. The molecule has 0 atom stereocenters. The minimum absolute atomic E-state index is 0.279. The van der Waals surface area contributed by atoms with E-state index in [-0.39, 0.29) is 5.75 Å². The van der Waals surface area contributed by atoms with Gasteiger partial charge in [0.2, 0.25) is 0 Å². The third-order valence-corrected chi connectivity index (χ3v) is 2.79. The van der Waals surface area contributed by atoms with Crippen LogP contribution in [0.5, 0.6) is 11.5 Å². The smallest absolute Gasteiger partial charge is 0.162 e. The maximum atomic E-state index is 13.2. The summed E-state index contributed by atoms with van der Waals surface area (Å²) in [5, 5.41) is 3.29. The summed E-state index contributed by atoms with van der Waals surface area (Å²) in [6.07, 6.45) is 0. The fraction of sp³-hybridized carbons (Fsp3) is 0.250. The van der Waals surface area contributed by atoms with Gasteiger partial charge in [0.1, 0.15) is 11.5 Å². The summed E-state index contributed by atoms with van der Waals surface area (Å²) in [7, 11) is 0. The van der Waals surface area contributed by atoms with Crippen LogP contribution in [-0.4, -0.2) is 6.04 Å². The molecule has 20 heavy (non-hydrogen) atoms. The molecule has 0 bridgehead atoms. The van der Waals surface area contributed by atoms with Crippen LogP contribution in [0.25, 0.3) is 0 Å². The Hall–Kier alpha value is -1.94. The molecule has 0 aromatic heterocycles. The fourth-order valence-electron chi connectivity index (χ4n) is 1.73. The Morgan fingerprint density at radius 1 is 1.05 bits per heavy atom. The van der Waals surface area contributed by atoms with E-state index in [0.717, 1.165) is 17.7 Å². The van der Waals surface area contributed by atoms with Crippen molar-refractivity contribution >= 4 is 0 Å². The van der Waals surface area contributed by atoms with Crippen LogP contribution < -0.4 is 10.1 Å². The number of ether oxygens (including phenoxy) is 1. The third-order valence-electron chi connectivity index (χ3n) is 2.79. The molecule has 0 radical (unpaired) electrons. The molecule has 0 aliphatic rings. The van der Waals surface area contributed by atoms with Gasteiger partial charge < -0.3 is 10.1 Å². The Labute approximate surface area is 117 Å². The number of hydrogen-bond donors (Lipinski definition) is 1. The van der Waals surface area contributed by atoms with Gasteiger partial charge in [-0.05, 0) is 18.2 Å². The van der Waals surface area contributed by atoms with E-state index in [1.807, 2.05) is 18.2 Å². The van der Waals surface area contributed by atoms with Crippen LogP contribution in [-0.2, 0) is 6.54 Å². The molecule has 0 amide bonds. The summed E-state index contributed by atoms with van der Waals surface area (Å²) < 4.78 is 31.7. The van der Waals surface area contributed by atoms with Crippen molar-refractivity contribution in [3.05, 3.63) is 59.7 Å². The monoisotopic (exact) mass is 277 g/mol. The predicted molar refractivity (Wildman–Crippen MR) is 74.8 cm³/mol. The highest BCUT2D eigenvalue weighted by molar-refractivity contribution is 5.38. The van der Waals surface area contributed by atoms with Crippen molar-refractivity contribution in [3.63, 3.8) is 0 Å². The number of benzene rings is 2. The van der Waals surface area contributed by atoms with Crippen LogP contribution in [0.4, 0.5) is 8.78 Å². The Kier molecular flexibility index (Phi) is 4.69. The van der Waals surface area contributed by atoms with E-state index < -0.39 is 11.6 Å². The standard InChI is InChI=1S/C16H17F2NO/c1-11(2)19-10-12-5-3-4-6-16(12)20-13-7-8-14(17)15(18)9-13/h3-9,11,19H,10H2,1-2H3. The highest BCUT2D eigenvalue weighted by Gasteiger charge is 2.07. The van der Waals surface area contributed by atoms with Gasteiger partial charge in [-0.25, -0.2) is 8.78 Å². The summed E-state index contributed by atoms with van der Waals surface area (Å²) in [6, 6.07) is 11.4. The van der Waals surface area contributed by atoms with Gasteiger partial charge in [0, 0.05) is 24.2 Å². The van der Waals surface area contributed by atoms with Gasteiger partial charge in [-0.3, -0.25) is 0 Å². The van der Waals surface area contributed by atoms with Gasteiger partial charge in [0.15, 0.2) is 11.6 Å². The van der Waals surface area contributed by atoms with E-state index in [9.17, 15) is 8.78 Å². The molecule has 2 nitrogen and oxygen atoms in total. The molecule has 0 spiro atoms. The number of para-hydroxylation sites is 1. The second-order valence-corrected chi connectivity index (χ2v) is 4.82. The predicted octanol–water partition coefficient (Wildman–Crippen LogP) is 4.26. The van der Waals surface area contributed by atoms with Crippen molar-refractivity contribution in [2.24, 2.45) is 0 Å². The van der Waals surface area contributed by atoms with E-state index in [0.29, 0.717) is 18.3 Å². The molecule has 0 aliphatic carbocycles. The Morgan fingerprint density at radius 2 is 1.80 bits per heavy atom. The molecule has 0 unspecified atom stereocenters. The maximum absolute atomic E-state index is 13.2. The Balaban J connectivity index is 2.17. The molecule has 0 aliphatic heterocycles. The summed E-state index contributed by atoms with van der Waals surface area (Å²) in [5.74, 6) is -0.889. The van der Waals surface area contributed by atoms with E-state index in [4.69, 9.17) is 4.74 Å². The summed E-state index contributed by atoms with van der Waals surface area (Å²) in [4.78, 5) is 0. The first-order valence-corrected chi connectivity index (χ1v) is 6.50. The van der Waals surface area contributed by atoms with Crippen LogP contribution in [0.1, 0.15) is 19.4 Å². The lowest BCUT2D eigenvalue weighted by atomic mass is 10.2. The zero-order valence-electron chi connectivity index (χ0n) is 11.5. The molecule has 1 N–H and O–H groups in total. The van der Waals surface area contributed by atoms with Crippen LogP contribution in [0.15, 0.2) is 42.5 Å². The second-order valence-electron chi connectivity index (χ2n) is 4.82. The Bertz CT molecular complexity index is 584. The normalized spacial score (nSPS) is 10.8. The number of rotatable bonds is 5. The lowest BCUT2D eigenvalue weighted by Crippen LogP contribution is -2.22. The molecule has 0 saturated heterocycles. The maximum Gasteiger partial charge on any atom is 0.162 e. The highest BCUT2D eigenvalue weighted by atomic mass is 19.2. The molecule has 106 valence electrons. The minimum Gasteiger partial charge on any atom is -0.457 e. The number of hydrogen-bond acceptors (Lipinski definition) is 2. The second kappa shape index (κ2) is 6.48. The molecule has 2 rings (SSSR count). The first-order valence-electron chi connectivity index (χ1n) is 6.50. The number of halogens is 2. The van der Waals surface area contributed by atoms with Crippen molar-refractivity contribution < 1.29 is 13.5 Å². The lowest BCUT2D eigenvalue weighted by molar-refractivity contribution is 0.453. The van der Waals surface area contributed by atoms with Gasteiger partial charge in [0.25, 0.3) is 0 Å². The first kappa shape index (κ1) is 14.5. The van der Waals surface area contributed by atoms with Crippen LogP contribution in [0.2, 0.25) is 0 Å². The molecular weight excluding hydrogens is 260 g/mol. The summed E-state index contributed by atoms with van der Waals surface area (Å²) >= 11 is 0. The van der Waals surface area contributed by atoms with E-state index in [1.165, 1.54) is 6.07 Å². The van der Waals surface area contributed by atoms with Crippen LogP contribution in [0.3, 0.4) is 0 Å². The van der Waals surface area contributed by atoms with Gasteiger partial charge in [-0.2, -0.15) is 0 Å². The largest absolute Gasteiger partial charge is 0.457 e. The quantitative estimate of drug-likeness (QED) is 0.882. The Morgan fingerprint density at radius 3 is 2.50 bits per heavy atom. The van der Waals surface area contributed by atoms with Crippen molar-refractivity contribution in [2.45, 2.75) is 26.4 Å². The third kappa shape index (κ3) is 3.78. The topological polar surface area (TPSA) is 21.3 Å². The summed E-state index contributed by atoms with van der Waals surface area (Å²) in [5.41, 5.74) is 0.964. The summed E-state index contributed by atoms with van der Waals surface area (Å²) in [6.45, 7) is 4.76. The lowest BCUT2D eigenvalue weighted by Gasteiger charge is -2.13. The van der Waals surface area contributed by atoms with E-state index in [1.54, 1.807) is 6.07 Å². The van der Waals surface area contributed by atoms with Crippen molar-refractivity contribution in [1.82, 2.24) is 5.32 Å². The molecule has 4 heteroatoms. The van der Waals surface area contributed by atoms with Gasteiger partial charge in [0.05, 0.1) is 0 Å². The average molecular weight is 277 g/mol. The van der Waals surface area contributed by atoms with Crippen molar-refractivity contribution in [2.75, 3.05) is 0 Å². The van der Waals surface area contributed by atoms with Crippen molar-refractivity contribution in [1.29, 1.82) is 0 Å². The van der Waals surface area contributed by atoms with Crippen molar-refractivity contribution in [3.8, 4) is 11.5 Å². The molecule has 0 heterocycles. The van der Waals surface area contributed by atoms with Gasteiger partial charge >= 0.3 is 0 Å². The van der Waals surface area contributed by atoms with Gasteiger partial charge in [-0.1, -0.05) is 32.0 Å². The molecule has 0 fully saturated rings. The van der Waals surface area contributed by atoms with E-state index in [2.05, 4.69) is 19.2 Å².